The summed E-state index contributed by atoms with van der Waals surface area (Å²) in [6, 6.07) is 6.09. The highest BCUT2D eigenvalue weighted by Crippen LogP contribution is 2.26. The molecule has 142 valence electrons. The molecule has 3 heterocycles. The van der Waals surface area contributed by atoms with Gasteiger partial charge in [-0.2, -0.15) is 0 Å². The first-order valence-corrected chi connectivity index (χ1v) is 9.47. The maximum Gasteiger partial charge on any atom is 0.246 e. The van der Waals surface area contributed by atoms with Crippen molar-refractivity contribution in [1.82, 2.24) is 15.0 Å². The molecule has 2 aliphatic heterocycles. The highest BCUT2D eigenvalue weighted by molar-refractivity contribution is 5.91. The Kier molecular flexibility index (Phi) is 4.99. The molecule has 1 aromatic carbocycles. The number of nitrogens with zero attached hydrogens (tertiary/aromatic N) is 3. The van der Waals surface area contributed by atoms with Gasteiger partial charge in [0.25, 0.3) is 0 Å². The van der Waals surface area contributed by atoms with E-state index in [9.17, 15) is 4.79 Å². The van der Waals surface area contributed by atoms with Crippen LogP contribution in [0.4, 0.5) is 0 Å². The molecule has 0 atom stereocenters. The summed E-state index contributed by atoms with van der Waals surface area (Å²) in [7, 11) is 0. The predicted octanol–water partition coefficient (Wildman–Crippen LogP) is 2.58. The molecule has 0 saturated carbocycles. The van der Waals surface area contributed by atoms with E-state index in [1.807, 2.05) is 37.0 Å². The molecule has 0 bridgehead atoms. The predicted molar refractivity (Wildman–Crippen MR) is 103 cm³/mol. The van der Waals surface area contributed by atoms with Crippen LogP contribution in [0.1, 0.15) is 28.1 Å². The van der Waals surface area contributed by atoms with Crippen LogP contribution in [0.2, 0.25) is 0 Å². The van der Waals surface area contributed by atoms with E-state index in [2.05, 4.69) is 16.1 Å². The standard InChI is InChI=1S/C21H25N3O3/c1-15-19(16(2)27-22-15)14-23-8-10-24(11-9-23)21(25)6-4-17-3-5-20-18(13-17)7-12-26-20/h3-6,13H,7-12,14H2,1-2H3/b6-4+. The highest BCUT2D eigenvalue weighted by Gasteiger charge is 2.21. The third-order valence-electron chi connectivity index (χ3n) is 5.38. The monoisotopic (exact) mass is 367 g/mol. The lowest BCUT2D eigenvalue weighted by Gasteiger charge is -2.34. The zero-order valence-corrected chi connectivity index (χ0v) is 15.9. The van der Waals surface area contributed by atoms with E-state index in [4.69, 9.17) is 9.26 Å². The van der Waals surface area contributed by atoms with E-state index in [1.54, 1.807) is 6.08 Å². The second-order valence-corrected chi connectivity index (χ2v) is 7.20. The molecule has 0 radical (unpaired) electrons. The first kappa shape index (κ1) is 17.8. The van der Waals surface area contributed by atoms with E-state index in [1.165, 1.54) is 5.56 Å². The fourth-order valence-corrected chi connectivity index (χ4v) is 3.66. The third-order valence-corrected chi connectivity index (χ3v) is 5.38. The normalized spacial score (nSPS) is 17.3. The number of carbonyl (C=O) groups is 1. The number of benzene rings is 1. The van der Waals surface area contributed by atoms with Gasteiger partial charge in [-0.15, -0.1) is 0 Å². The highest BCUT2D eigenvalue weighted by atomic mass is 16.5. The molecule has 6 nitrogen and oxygen atoms in total. The van der Waals surface area contributed by atoms with Gasteiger partial charge >= 0.3 is 0 Å². The Morgan fingerprint density at radius 1 is 1.22 bits per heavy atom. The first-order valence-electron chi connectivity index (χ1n) is 9.47. The molecule has 6 heteroatoms. The Morgan fingerprint density at radius 3 is 2.78 bits per heavy atom. The first-order chi connectivity index (χ1) is 13.1. The summed E-state index contributed by atoms with van der Waals surface area (Å²) in [5.41, 5.74) is 4.38. The number of fused-ring (bicyclic) bond motifs is 1. The fraction of sp³-hybridized carbons (Fsp3) is 0.429. The Morgan fingerprint density at radius 2 is 2.04 bits per heavy atom. The molecule has 1 aromatic heterocycles. The van der Waals surface area contributed by atoms with Gasteiger partial charge in [-0.3, -0.25) is 9.69 Å². The molecule has 0 aliphatic carbocycles. The second kappa shape index (κ2) is 7.56. The average Bonchev–Trinajstić information content (AvgIpc) is 3.28. The molecular formula is C21H25N3O3. The van der Waals surface area contributed by atoms with Crippen molar-refractivity contribution >= 4 is 12.0 Å². The van der Waals surface area contributed by atoms with Crippen molar-refractivity contribution < 1.29 is 14.1 Å². The fourth-order valence-electron chi connectivity index (χ4n) is 3.66. The molecule has 0 unspecified atom stereocenters. The van der Waals surface area contributed by atoms with Crippen molar-refractivity contribution in [2.75, 3.05) is 32.8 Å². The van der Waals surface area contributed by atoms with E-state index in [0.717, 1.165) is 74.1 Å². The summed E-state index contributed by atoms with van der Waals surface area (Å²) in [5.74, 6) is 1.92. The van der Waals surface area contributed by atoms with Crippen molar-refractivity contribution in [3.63, 3.8) is 0 Å². The number of amides is 1. The van der Waals surface area contributed by atoms with Gasteiger partial charge in [0.15, 0.2) is 0 Å². The molecule has 2 aliphatic rings. The van der Waals surface area contributed by atoms with E-state index in [0.29, 0.717) is 0 Å². The number of hydrogen-bond acceptors (Lipinski definition) is 5. The van der Waals surface area contributed by atoms with Crippen LogP contribution in [0.25, 0.3) is 6.08 Å². The van der Waals surface area contributed by atoms with Crippen LogP contribution in [0.5, 0.6) is 5.75 Å². The maximum atomic E-state index is 12.5. The number of carbonyl (C=O) groups excluding carboxylic acids is 1. The molecule has 4 rings (SSSR count). The van der Waals surface area contributed by atoms with Gasteiger partial charge in [0, 0.05) is 50.8 Å². The number of aryl methyl sites for hydroxylation is 2. The van der Waals surface area contributed by atoms with Gasteiger partial charge in [-0.25, -0.2) is 0 Å². The van der Waals surface area contributed by atoms with Crippen LogP contribution in [-0.2, 0) is 17.8 Å². The van der Waals surface area contributed by atoms with Gasteiger partial charge in [-0.05, 0) is 43.2 Å². The van der Waals surface area contributed by atoms with Crippen LogP contribution >= 0.6 is 0 Å². The number of piperazine rings is 1. The number of hydrogen-bond donors (Lipinski definition) is 0. The smallest absolute Gasteiger partial charge is 0.246 e. The molecular weight excluding hydrogens is 342 g/mol. The molecule has 2 aromatic rings. The topological polar surface area (TPSA) is 58.8 Å². The molecule has 1 saturated heterocycles. The lowest BCUT2D eigenvalue weighted by molar-refractivity contribution is -0.127. The van der Waals surface area contributed by atoms with Gasteiger partial charge < -0.3 is 14.2 Å². The SMILES string of the molecule is Cc1noc(C)c1CN1CCN(C(=O)/C=C/c2ccc3c(c2)CCO3)CC1. The van der Waals surface area contributed by atoms with Crippen LogP contribution in [-0.4, -0.2) is 53.6 Å². The van der Waals surface area contributed by atoms with Crippen molar-refractivity contribution in [2.24, 2.45) is 0 Å². The van der Waals surface area contributed by atoms with Gasteiger partial charge in [-0.1, -0.05) is 11.2 Å². The van der Waals surface area contributed by atoms with Crippen molar-refractivity contribution in [1.29, 1.82) is 0 Å². The van der Waals surface area contributed by atoms with E-state index < -0.39 is 0 Å². The van der Waals surface area contributed by atoms with Crippen LogP contribution in [0.3, 0.4) is 0 Å². The third kappa shape index (κ3) is 3.90. The maximum absolute atomic E-state index is 12.5. The van der Waals surface area contributed by atoms with Crippen molar-refractivity contribution in [3.05, 3.63) is 52.4 Å². The van der Waals surface area contributed by atoms with Gasteiger partial charge in [0.2, 0.25) is 5.91 Å². The van der Waals surface area contributed by atoms with Crippen LogP contribution in [0, 0.1) is 13.8 Å². The summed E-state index contributed by atoms with van der Waals surface area (Å²) >= 11 is 0. The number of aromatic nitrogens is 1. The summed E-state index contributed by atoms with van der Waals surface area (Å²) < 4.78 is 10.8. The van der Waals surface area contributed by atoms with E-state index in [-0.39, 0.29) is 5.91 Å². The zero-order valence-electron chi connectivity index (χ0n) is 15.9. The summed E-state index contributed by atoms with van der Waals surface area (Å²) in [5, 5.41) is 4.02. The second-order valence-electron chi connectivity index (χ2n) is 7.20. The summed E-state index contributed by atoms with van der Waals surface area (Å²) in [6.45, 7) is 8.71. The lowest BCUT2D eigenvalue weighted by atomic mass is 10.1. The van der Waals surface area contributed by atoms with Gasteiger partial charge in [0.05, 0.1) is 12.3 Å². The minimum atomic E-state index is 0.0729. The molecule has 0 N–H and O–H groups in total. The number of ether oxygens (including phenoxy) is 1. The van der Waals surface area contributed by atoms with Crippen LogP contribution < -0.4 is 4.74 Å². The van der Waals surface area contributed by atoms with Crippen molar-refractivity contribution in [2.45, 2.75) is 26.8 Å². The van der Waals surface area contributed by atoms with Crippen LogP contribution in [0.15, 0.2) is 28.8 Å². The minimum Gasteiger partial charge on any atom is -0.493 e. The quantitative estimate of drug-likeness (QED) is 0.778. The Bertz CT molecular complexity index is 844. The Hall–Kier alpha value is -2.60. The van der Waals surface area contributed by atoms with E-state index >= 15 is 0 Å². The summed E-state index contributed by atoms with van der Waals surface area (Å²) in [6.07, 6.45) is 4.52. The van der Waals surface area contributed by atoms with Gasteiger partial charge in [0.1, 0.15) is 11.5 Å². The zero-order chi connectivity index (χ0) is 18.8. The Balaban J connectivity index is 1.31. The molecule has 1 fully saturated rings. The molecule has 1 amide bonds. The lowest BCUT2D eigenvalue weighted by Crippen LogP contribution is -2.47. The number of rotatable bonds is 4. The van der Waals surface area contributed by atoms with Crippen molar-refractivity contribution in [3.8, 4) is 5.75 Å². The summed E-state index contributed by atoms with van der Waals surface area (Å²) in [4.78, 5) is 16.8. The largest absolute Gasteiger partial charge is 0.493 e. The Labute approximate surface area is 159 Å². The molecule has 0 spiro atoms. The minimum absolute atomic E-state index is 0.0729. The average molecular weight is 367 g/mol. The molecule has 27 heavy (non-hydrogen) atoms.